The molecule has 1 unspecified atom stereocenters. The molecule has 1 amide bonds. The van der Waals surface area contributed by atoms with Gasteiger partial charge in [0, 0.05) is 43.1 Å². The smallest absolute Gasteiger partial charge is 0.410 e. The van der Waals surface area contributed by atoms with Crippen molar-refractivity contribution in [1.82, 2.24) is 14.8 Å². The molecule has 0 aromatic heterocycles. The highest BCUT2D eigenvalue weighted by molar-refractivity contribution is 9.11. The predicted octanol–water partition coefficient (Wildman–Crippen LogP) is 2.84. The van der Waals surface area contributed by atoms with Crippen LogP contribution in [-0.2, 0) is 4.74 Å². The maximum absolute atomic E-state index is 12.2. The molecule has 7 nitrogen and oxygen atoms in total. The van der Waals surface area contributed by atoms with Gasteiger partial charge >= 0.3 is 6.09 Å². The van der Waals surface area contributed by atoms with Gasteiger partial charge in [-0.05, 0) is 34.6 Å². The molecule has 8 heteroatoms. The van der Waals surface area contributed by atoms with E-state index in [4.69, 9.17) is 4.74 Å². The van der Waals surface area contributed by atoms with Crippen molar-refractivity contribution in [2.45, 2.75) is 46.3 Å². The molecule has 0 aliphatic carbocycles. The molecule has 24 heavy (non-hydrogen) atoms. The van der Waals surface area contributed by atoms with Crippen LogP contribution < -0.4 is 0 Å². The van der Waals surface area contributed by atoms with Crippen molar-refractivity contribution in [3.05, 3.63) is 10.7 Å². The van der Waals surface area contributed by atoms with Crippen LogP contribution in [0.15, 0.2) is 20.8 Å². The highest BCUT2D eigenvalue weighted by Gasteiger charge is 2.31. The third-order valence-electron chi connectivity index (χ3n) is 3.73. The van der Waals surface area contributed by atoms with E-state index in [1.54, 1.807) is 11.1 Å². The molecule has 2 aliphatic rings. The zero-order valence-electron chi connectivity index (χ0n) is 15.0. The fourth-order valence-corrected chi connectivity index (χ4v) is 2.79. The number of carbonyl (C=O) groups is 1. The maximum atomic E-state index is 12.2. The van der Waals surface area contributed by atoms with Crippen molar-refractivity contribution in [3.63, 3.8) is 0 Å². The zero-order valence-corrected chi connectivity index (χ0v) is 16.6. The molecule has 0 spiro atoms. The van der Waals surface area contributed by atoms with Crippen LogP contribution in [0, 0.1) is 0 Å². The summed E-state index contributed by atoms with van der Waals surface area (Å²) < 4.78 is 6.43. The molecule has 2 heterocycles. The zero-order chi connectivity index (χ0) is 17.9. The molecule has 2 rings (SSSR count). The summed E-state index contributed by atoms with van der Waals surface area (Å²) in [4.78, 5) is 20.6. The second kappa shape index (κ2) is 7.55. The Morgan fingerprint density at radius 1 is 1.38 bits per heavy atom. The number of ether oxygens (including phenoxy) is 1. The van der Waals surface area contributed by atoms with E-state index in [9.17, 15) is 4.79 Å². The fourth-order valence-electron chi connectivity index (χ4n) is 2.49. The van der Waals surface area contributed by atoms with Crippen LogP contribution >= 0.6 is 15.9 Å². The van der Waals surface area contributed by atoms with Gasteiger partial charge < -0.3 is 14.5 Å². The van der Waals surface area contributed by atoms with E-state index in [0.29, 0.717) is 26.2 Å². The molecule has 2 aliphatic heterocycles. The first kappa shape index (κ1) is 18.8. The Labute approximate surface area is 152 Å². The molecule has 1 atom stereocenters. The summed E-state index contributed by atoms with van der Waals surface area (Å²) in [5.74, 6) is 0.813. The van der Waals surface area contributed by atoms with Gasteiger partial charge in [-0.3, -0.25) is 0 Å². The number of halogens is 1. The standard InChI is InChI=1S/C16H26BrN5O2/c1-6-19-22-12(2)13(17)11-18-14(22)20-7-9-21(10-8-20)15(23)24-16(3,4)5/h6,11-12H,7-10H2,1-5H3/b19-6-. The summed E-state index contributed by atoms with van der Waals surface area (Å²) in [5.41, 5.74) is -0.471. The monoisotopic (exact) mass is 399 g/mol. The third kappa shape index (κ3) is 4.49. The van der Waals surface area contributed by atoms with Crippen molar-refractivity contribution in [3.8, 4) is 0 Å². The Kier molecular flexibility index (Phi) is 5.90. The normalized spacial score (nSPS) is 22.6. The van der Waals surface area contributed by atoms with Crippen molar-refractivity contribution in [2.24, 2.45) is 10.1 Å². The summed E-state index contributed by atoms with van der Waals surface area (Å²) in [6, 6.07) is 0.0950. The number of carbonyl (C=O) groups excluding carboxylic acids is 1. The molecule has 1 saturated heterocycles. The fraction of sp³-hybridized carbons (Fsp3) is 0.688. The summed E-state index contributed by atoms with van der Waals surface area (Å²) in [6.07, 6.45) is 3.32. The Balaban J connectivity index is 2.02. The number of amides is 1. The summed E-state index contributed by atoms with van der Waals surface area (Å²) in [5, 5.41) is 6.33. The second-order valence-corrected chi connectivity index (χ2v) is 7.71. The van der Waals surface area contributed by atoms with Crippen LogP contribution in [-0.4, -0.2) is 70.9 Å². The van der Waals surface area contributed by atoms with Crippen LogP contribution in [0.4, 0.5) is 4.79 Å². The van der Waals surface area contributed by atoms with Gasteiger partial charge in [0.15, 0.2) is 0 Å². The van der Waals surface area contributed by atoms with E-state index in [0.717, 1.165) is 10.4 Å². The number of piperazine rings is 1. The number of hydrazone groups is 1. The first-order valence-electron chi connectivity index (χ1n) is 8.17. The largest absolute Gasteiger partial charge is 0.444 e. The second-order valence-electron chi connectivity index (χ2n) is 6.79. The van der Waals surface area contributed by atoms with Crippen LogP contribution in [0.2, 0.25) is 0 Å². The van der Waals surface area contributed by atoms with E-state index in [1.165, 1.54) is 0 Å². The van der Waals surface area contributed by atoms with Gasteiger partial charge in [-0.2, -0.15) is 5.10 Å². The Morgan fingerprint density at radius 3 is 2.54 bits per heavy atom. The lowest BCUT2D eigenvalue weighted by Gasteiger charge is -2.41. The first-order chi connectivity index (χ1) is 11.2. The van der Waals surface area contributed by atoms with E-state index >= 15 is 0 Å². The molecule has 134 valence electrons. The number of aliphatic imine (C=N–C) groups is 1. The number of hydrogen-bond acceptors (Lipinski definition) is 6. The lowest BCUT2D eigenvalue weighted by Crippen LogP contribution is -2.56. The van der Waals surface area contributed by atoms with Gasteiger partial charge in [0.25, 0.3) is 0 Å². The van der Waals surface area contributed by atoms with E-state index in [1.807, 2.05) is 38.9 Å². The van der Waals surface area contributed by atoms with Crippen molar-refractivity contribution >= 4 is 34.2 Å². The average molecular weight is 400 g/mol. The van der Waals surface area contributed by atoms with Crippen LogP contribution in [0.1, 0.15) is 34.6 Å². The van der Waals surface area contributed by atoms with Crippen molar-refractivity contribution < 1.29 is 9.53 Å². The van der Waals surface area contributed by atoms with Gasteiger partial charge in [0.2, 0.25) is 5.96 Å². The number of guanidine groups is 1. The Hall–Kier alpha value is -1.57. The van der Waals surface area contributed by atoms with Crippen LogP contribution in [0.5, 0.6) is 0 Å². The quantitative estimate of drug-likeness (QED) is 0.636. The number of rotatable bonds is 1. The van der Waals surface area contributed by atoms with E-state index in [-0.39, 0.29) is 12.1 Å². The lowest BCUT2D eigenvalue weighted by molar-refractivity contribution is 0.0179. The molecule has 1 fully saturated rings. The van der Waals surface area contributed by atoms with Gasteiger partial charge in [-0.15, -0.1) is 0 Å². The summed E-state index contributed by atoms with van der Waals surface area (Å²) in [7, 11) is 0. The predicted molar refractivity (Wildman–Crippen MR) is 99.3 cm³/mol. The lowest BCUT2D eigenvalue weighted by atomic mass is 10.2. The van der Waals surface area contributed by atoms with Gasteiger partial charge in [0.05, 0.1) is 6.04 Å². The van der Waals surface area contributed by atoms with Crippen LogP contribution in [0.25, 0.3) is 0 Å². The SMILES string of the molecule is C/C=N\N1C(N2CCN(C(=O)OC(C)(C)C)CC2)=NC=C(Br)C1C. The maximum Gasteiger partial charge on any atom is 0.410 e. The number of nitrogens with zero attached hydrogens (tertiary/aromatic N) is 5. The van der Waals surface area contributed by atoms with Gasteiger partial charge in [-0.25, -0.2) is 14.8 Å². The Bertz CT molecular complexity index is 559. The molecule has 0 radical (unpaired) electrons. The number of hydrogen-bond donors (Lipinski definition) is 0. The van der Waals surface area contributed by atoms with Crippen LogP contribution in [0.3, 0.4) is 0 Å². The van der Waals surface area contributed by atoms with Gasteiger partial charge in [-0.1, -0.05) is 15.9 Å². The highest BCUT2D eigenvalue weighted by atomic mass is 79.9. The topological polar surface area (TPSA) is 60.7 Å². The summed E-state index contributed by atoms with van der Waals surface area (Å²) in [6.45, 7) is 12.2. The minimum atomic E-state index is -0.471. The van der Waals surface area contributed by atoms with Crippen molar-refractivity contribution in [1.29, 1.82) is 0 Å². The molecular weight excluding hydrogens is 374 g/mol. The van der Waals surface area contributed by atoms with E-state index < -0.39 is 5.60 Å². The minimum absolute atomic E-state index is 0.0950. The van der Waals surface area contributed by atoms with E-state index in [2.05, 4.69) is 37.8 Å². The third-order valence-corrected chi connectivity index (χ3v) is 4.60. The molecular formula is C16H26BrN5O2. The van der Waals surface area contributed by atoms with Gasteiger partial charge in [0.1, 0.15) is 5.60 Å². The first-order valence-corrected chi connectivity index (χ1v) is 8.96. The van der Waals surface area contributed by atoms with Crippen molar-refractivity contribution in [2.75, 3.05) is 26.2 Å². The molecule has 0 saturated carbocycles. The molecule has 0 N–H and O–H groups in total. The molecule has 0 bridgehead atoms. The minimum Gasteiger partial charge on any atom is -0.444 e. The Morgan fingerprint density at radius 2 is 2.00 bits per heavy atom. The average Bonchev–Trinajstić information content (AvgIpc) is 2.51. The summed E-state index contributed by atoms with van der Waals surface area (Å²) >= 11 is 3.52. The molecule has 0 aromatic rings. The highest BCUT2D eigenvalue weighted by Crippen LogP contribution is 2.24. The molecule has 0 aromatic carbocycles.